The molecule has 1 saturated heterocycles. The number of amides is 1. The average molecular weight is 495 g/mol. The zero-order valence-electron chi connectivity index (χ0n) is 19.3. The lowest BCUT2D eigenvalue weighted by molar-refractivity contribution is 0.0322. The van der Waals surface area contributed by atoms with Crippen LogP contribution in [0.2, 0.25) is 0 Å². The van der Waals surface area contributed by atoms with Crippen molar-refractivity contribution in [3.05, 3.63) is 72.2 Å². The van der Waals surface area contributed by atoms with E-state index >= 15 is 0 Å². The van der Waals surface area contributed by atoms with E-state index in [1.165, 1.54) is 6.20 Å². The Labute approximate surface area is 205 Å². The monoisotopic (exact) mass is 494 g/mol. The number of rotatable bonds is 8. The summed E-state index contributed by atoms with van der Waals surface area (Å²) in [4.78, 5) is 22.4. The van der Waals surface area contributed by atoms with Crippen LogP contribution in [0.25, 0.3) is 16.9 Å². The highest BCUT2D eigenvalue weighted by molar-refractivity contribution is 5.94. The zero-order valence-corrected chi connectivity index (χ0v) is 19.3. The fourth-order valence-electron chi connectivity index (χ4n) is 4.07. The second kappa shape index (κ2) is 10.3. The third-order valence-corrected chi connectivity index (χ3v) is 5.91. The van der Waals surface area contributed by atoms with Gasteiger partial charge in [0.2, 0.25) is 0 Å². The van der Waals surface area contributed by atoms with E-state index in [1.807, 2.05) is 24.3 Å². The van der Waals surface area contributed by atoms with Crippen molar-refractivity contribution in [2.75, 3.05) is 44.8 Å². The molecule has 4 aromatic rings. The van der Waals surface area contributed by atoms with E-state index in [-0.39, 0.29) is 5.56 Å². The summed E-state index contributed by atoms with van der Waals surface area (Å²) in [7, 11) is 0. The molecule has 5 rings (SSSR count). The van der Waals surface area contributed by atoms with Crippen LogP contribution in [0.4, 0.5) is 20.3 Å². The molecular weight excluding hydrogens is 470 g/mol. The number of benzene rings is 2. The highest BCUT2D eigenvalue weighted by Gasteiger charge is 2.19. The van der Waals surface area contributed by atoms with Crippen LogP contribution >= 0.6 is 0 Å². The Morgan fingerprint density at radius 3 is 2.53 bits per heavy atom. The normalized spacial score (nSPS) is 14.2. The van der Waals surface area contributed by atoms with Crippen LogP contribution < -0.4 is 15.8 Å². The van der Waals surface area contributed by atoms with Crippen molar-refractivity contribution >= 4 is 23.1 Å². The Bertz CT molecular complexity index is 1360. The predicted molar refractivity (Wildman–Crippen MR) is 129 cm³/mol. The van der Waals surface area contributed by atoms with Gasteiger partial charge in [-0.25, -0.2) is 18.7 Å². The number of nitrogens with zero attached hydrogens (tertiary/aromatic N) is 4. The van der Waals surface area contributed by atoms with Crippen LogP contribution in [0.15, 0.2) is 55.0 Å². The summed E-state index contributed by atoms with van der Waals surface area (Å²) in [6, 6.07) is 9.56. The van der Waals surface area contributed by atoms with E-state index in [9.17, 15) is 13.6 Å². The molecule has 2 aromatic heterocycles. The number of halogens is 2. The molecule has 0 aliphatic carbocycles. The topological polar surface area (TPSA) is 107 Å². The van der Waals surface area contributed by atoms with E-state index in [0.717, 1.165) is 56.4 Å². The molecule has 1 aliphatic heterocycles. The van der Waals surface area contributed by atoms with E-state index in [2.05, 4.69) is 20.2 Å². The number of carbonyl (C=O) groups is 1. The summed E-state index contributed by atoms with van der Waals surface area (Å²) in [5.41, 5.74) is 6.10. The van der Waals surface area contributed by atoms with Gasteiger partial charge in [-0.3, -0.25) is 14.1 Å². The molecule has 0 spiro atoms. The average Bonchev–Trinajstić information content (AvgIpc) is 3.36. The van der Waals surface area contributed by atoms with Gasteiger partial charge in [0.15, 0.2) is 11.5 Å². The van der Waals surface area contributed by atoms with Crippen LogP contribution in [-0.4, -0.2) is 64.6 Å². The van der Waals surface area contributed by atoms with Crippen molar-refractivity contribution in [1.82, 2.24) is 19.3 Å². The van der Waals surface area contributed by atoms with Crippen LogP contribution in [0, 0.1) is 11.6 Å². The smallest absolute Gasteiger partial charge is 0.254 e. The maximum Gasteiger partial charge on any atom is 0.254 e. The number of anilines is 2. The van der Waals surface area contributed by atoms with Gasteiger partial charge in [-0.1, -0.05) is 0 Å². The first kappa shape index (κ1) is 23.6. The molecule has 1 fully saturated rings. The minimum Gasteiger partial charge on any atom is -0.492 e. The van der Waals surface area contributed by atoms with Crippen LogP contribution in [0.3, 0.4) is 0 Å². The lowest BCUT2D eigenvalue weighted by Gasteiger charge is -2.26. The van der Waals surface area contributed by atoms with Gasteiger partial charge in [0.05, 0.1) is 25.1 Å². The van der Waals surface area contributed by atoms with E-state index < -0.39 is 23.1 Å². The summed E-state index contributed by atoms with van der Waals surface area (Å²) in [6.07, 6.45) is 4.68. The number of hydrogen-bond acceptors (Lipinski definition) is 7. The number of morpholine rings is 1. The van der Waals surface area contributed by atoms with Crippen molar-refractivity contribution in [2.45, 2.75) is 0 Å². The van der Waals surface area contributed by atoms with E-state index in [4.69, 9.17) is 15.2 Å². The van der Waals surface area contributed by atoms with Crippen molar-refractivity contribution < 1.29 is 23.0 Å². The number of fused-ring (bicyclic) bond motifs is 1. The Kier molecular flexibility index (Phi) is 6.74. The number of carbonyl (C=O) groups excluding carboxylic acids is 1. The first-order valence-corrected chi connectivity index (χ1v) is 11.4. The Balaban J connectivity index is 1.30. The highest BCUT2D eigenvalue weighted by atomic mass is 19.1. The molecule has 0 unspecified atom stereocenters. The van der Waals surface area contributed by atoms with Crippen molar-refractivity contribution in [3.63, 3.8) is 0 Å². The van der Waals surface area contributed by atoms with Gasteiger partial charge in [0.25, 0.3) is 5.91 Å². The Hall–Kier alpha value is -4.09. The van der Waals surface area contributed by atoms with Crippen molar-refractivity contribution in [3.8, 4) is 17.0 Å². The molecular formula is C25H24F2N6O3. The summed E-state index contributed by atoms with van der Waals surface area (Å²) >= 11 is 0. The number of hydrogen-bond donors (Lipinski definition) is 2. The third kappa shape index (κ3) is 4.97. The lowest BCUT2D eigenvalue weighted by Crippen LogP contribution is -2.38. The fourth-order valence-corrected chi connectivity index (χ4v) is 4.07. The van der Waals surface area contributed by atoms with Gasteiger partial charge < -0.3 is 20.5 Å². The molecule has 3 N–H and O–H groups in total. The number of primary amides is 1. The molecule has 11 heteroatoms. The summed E-state index contributed by atoms with van der Waals surface area (Å²) < 4.78 is 41.5. The molecule has 2 aromatic carbocycles. The maximum absolute atomic E-state index is 14.3. The summed E-state index contributed by atoms with van der Waals surface area (Å²) in [5.74, 6) is -2.04. The molecule has 1 aliphatic rings. The largest absolute Gasteiger partial charge is 0.492 e. The minimum atomic E-state index is -1.17. The molecule has 0 radical (unpaired) electrons. The second-order valence-electron chi connectivity index (χ2n) is 8.24. The number of nitrogens with one attached hydrogen (secondary N) is 1. The lowest BCUT2D eigenvalue weighted by atomic mass is 10.1. The fraction of sp³-hybridized carbons (Fsp3) is 0.240. The number of aromatic nitrogens is 3. The summed E-state index contributed by atoms with van der Waals surface area (Å²) in [5, 5.41) is 3.21. The predicted octanol–water partition coefficient (Wildman–Crippen LogP) is 3.23. The third-order valence-electron chi connectivity index (χ3n) is 5.91. The van der Waals surface area contributed by atoms with Gasteiger partial charge >= 0.3 is 0 Å². The molecule has 1 amide bonds. The van der Waals surface area contributed by atoms with Crippen LogP contribution in [-0.2, 0) is 4.74 Å². The Morgan fingerprint density at radius 1 is 1.11 bits per heavy atom. The zero-order chi connectivity index (χ0) is 25.1. The number of nitrogens with two attached hydrogens (primary N) is 1. The molecule has 9 nitrogen and oxygen atoms in total. The standard InChI is InChI=1S/C25H24F2N6O3/c26-19-13-16(14-20(27)22(19)23(28)34)21-15-30-24(25-29-5-6-33(21)25)31-17-1-3-18(4-2-17)36-12-9-32-7-10-35-11-8-32/h1-6,13-15H,7-12H2,(H2,28,34)(H,30,31). The molecule has 36 heavy (non-hydrogen) atoms. The maximum atomic E-state index is 14.3. The molecule has 3 heterocycles. The number of ether oxygens (including phenoxy) is 2. The van der Waals surface area contributed by atoms with E-state index in [1.54, 1.807) is 16.8 Å². The first-order valence-electron chi connectivity index (χ1n) is 11.4. The van der Waals surface area contributed by atoms with Gasteiger partial charge in [0.1, 0.15) is 29.6 Å². The van der Waals surface area contributed by atoms with Gasteiger partial charge in [-0.15, -0.1) is 0 Å². The minimum absolute atomic E-state index is 0.190. The second-order valence-corrected chi connectivity index (χ2v) is 8.24. The SMILES string of the molecule is NC(=O)c1c(F)cc(-c2cnc(Nc3ccc(OCCN4CCOCC4)cc3)c3nccn23)cc1F. The Morgan fingerprint density at radius 2 is 1.83 bits per heavy atom. The first-order chi connectivity index (χ1) is 17.5. The quantitative estimate of drug-likeness (QED) is 0.387. The van der Waals surface area contributed by atoms with Gasteiger partial charge in [0, 0.05) is 43.3 Å². The molecule has 0 atom stereocenters. The van der Waals surface area contributed by atoms with Gasteiger partial charge in [-0.05, 0) is 36.4 Å². The summed E-state index contributed by atoms with van der Waals surface area (Å²) in [6.45, 7) is 4.79. The van der Waals surface area contributed by atoms with Crippen molar-refractivity contribution in [2.24, 2.45) is 5.73 Å². The number of imidazole rings is 1. The molecule has 0 saturated carbocycles. The van der Waals surface area contributed by atoms with E-state index in [0.29, 0.717) is 23.8 Å². The molecule has 0 bridgehead atoms. The molecule has 186 valence electrons. The van der Waals surface area contributed by atoms with Crippen LogP contribution in [0.5, 0.6) is 5.75 Å². The van der Waals surface area contributed by atoms with Gasteiger partial charge in [-0.2, -0.15) is 0 Å². The highest BCUT2D eigenvalue weighted by Crippen LogP contribution is 2.28. The van der Waals surface area contributed by atoms with Crippen molar-refractivity contribution in [1.29, 1.82) is 0 Å². The van der Waals surface area contributed by atoms with Crippen LogP contribution in [0.1, 0.15) is 10.4 Å².